The molecule has 1 fully saturated rings. The molecule has 0 bridgehead atoms. The minimum absolute atomic E-state index is 0.0137. The molecule has 0 spiro atoms. The molecule has 3 aliphatic rings. The van der Waals surface area contributed by atoms with Crippen molar-refractivity contribution >= 4 is 40.7 Å². The predicted molar refractivity (Wildman–Crippen MR) is 159 cm³/mol. The number of aldehydes is 1. The zero-order valence-corrected chi connectivity index (χ0v) is 24.8. The highest BCUT2D eigenvalue weighted by Gasteiger charge is 2.41. The summed E-state index contributed by atoms with van der Waals surface area (Å²) in [5.41, 5.74) is 9.22. The molecule has 1 aromatic heterocycles. The van der Waals surface area contributed by atoms with E-state index in [1.54, 1.807) is 6.21 Å². The van der Waals surface area contributed by atoms with Crippen molar-refractivity contribution in [3.8, 4) is 0 Å². The summed E-state index contributed by atoms with van der Waals surface area (Å²) in [5, 5.41) is 6.86. The molecule has 2 atom stereocenters. The van der Waals surface area contributed by atoms with E-state index in [4.69, 9.17) is 17.3 Å². The highest BCUT2D eigenvalue weighted by atomic mass is 35.5. The molecule has 2 aliphatic carbocycles. The van der Waals surface area contributed by atoms with Gasteiger partial charge in [0.1, 0.15) is 12.0 Å². The summed E-state index contributed by atoms with van der Waals surface area (Å²) in [6.07, 6.45) is 10.8. The normalized spacial score (nSPS) is 18.9. The summed E-state index contributed by atoms with van der Waals surface area (Å²) < 4.78 is 37.3. The fraction of sp³-hybridized carbons (Fsp3) is 0.552. The standard InChI is InChI=1S/C10H6ClF3N2.C8H12N2O.C6H10.2C2H6.CH5N/c11-5-1-2-8-6(3-5)7(15)4-9(16-8)10(12,13)14;1-10-8(6-2-3-6)7(5-11)4-9-10;1-2-4-6-5-3-1;3*1-2/h1-4H,(H2,15,16);4-8H,2-3H2,1H3;1-2H,3-6H2;2*1-2H3;2H2,1H3. The van der Waals surface area contributed by atoms with Crippen molar-refractivity contribution in [3.63, 3.8) is 0 Å². The lowest BCUT2D eigenvalue weighted by atomic mass is 9.99. The van der Waals surface area contributed by atoms with E-state index in [0.717, 1.165) is 18.3 Å². The number of nitrogens with zero attached hydrogens (tertiary/aromatic N) is 3. The summed E-state index contributed by atoms with van der Waals surface area (Å²) in [6.45, 7) is 8.00. The van der Waals surface area contributed by atoms with E-state index in [2.05, 4.69) is 28.0 Å². The molecule has 2 unspecified atom stereocenters. The lowest BCUT2D eigenvalue weighted by Gasteiger charge is -2.20. The van der Waals surface area contributed by atoms with Gasteiger partial charge in [0.2, 0.25) is 0 Å². The number of carbonyl (C=O) groups is 1. The largest absolute Gasteiger partial charge is 0.433 e. The van der Waals surface area contributed by atoms with Crippen LogP contribution in [0.1, 0.15) is 71.9 Å². The van der Waals surface area contributed by atoms with Crippen LogP contribution >= 0.6 is 11.6 Å². The number of anilines is 1. The molecule has 1 aliphatic heterocycles. The van der Waals surface area contributed by atoms with E-state index in [-0.39, 0.29) is 17.1 Å². The highest BCUT2D eigenvalue weighted by Crippen LogP contribution is 2.39. The lowest BCUT2D eigenvalue weighted by Crippen LogP contribution is -2.32. The van der Waals surface area contributed by atoms with Gasteiger partial charge in [-0.15, -0.1) is 0 Å². The number of nitrogen functional groups attached to an aromatic ring is 1. The summed E-state index contributed by atoms with van der Waals surface area (Å²) >= 11 is 5.71. The second kappa shape index (κ2) is 19.4. The maximum Gasteiger partial charge on any atom is 0.433 e. The van der Waals surface area contributed by atoms with Crippen molar-refractivity contribution in [2.45, 2.75) is 78.4 Å². The van der Waals surface area contributed by atoms with Gasteiger partial charge < -0.3 is 16.3 Å². The number of fused-ring (bicyclic) bond motifs is 1. The number of hydrogen-bond donors (Lipinski definition) is 2. The minimum Gasteiger partial charge on any atom is -0.398 e. The van der Waals surface area contributed by atoms with Gasteiger partial charge in [-0.3, -0.25) is 5.01 Å². The maximum atomic E-state index is 12.4. The molecule has 0 amide bonds. The summed E-state index contributed by atoms with van der Waals surface area (Å²) in [5.74, 6) is 0.769. The summed E-state index contributed by atoms with van der Waals surface area (Å²) in [7, 11) is 3.45. The Balaban J connectivity index is 0.000000544. The van der Waals surface area contributed by atoms with E-state index in [0.29, 0.717) is 16.5 Å². The molecule has 5 rings (SSSR count). The number of carbonyl (C=O) groups excluding carboxylic acids is 1. The first-order chi connectivity index (χ1) is 18.7. The van der Waals surface area contributed by atoms with Crippen molar-refractivity contribution in [3.05, 3.63) is 47.1 Å². The number of allylic oxidation sites excluding steroid dienone is 2. The number of pyridine rings is 1. The SMILES string of the molecule is C1=CCCCC1.CC.CC.CN.CN1N=CC(C=O)C1C1CC1.Nc1cc(C(F)(F)F)nc2ccc(Cl)cc12. The van der Waals surface area contributed by atoms with Gasteiger partial charge in [-0.05, 0) is 75.8 Å². The summed E-state index contributed by atoms with van der Waals surface area (Å²) in [6, 6.07) is 5.53. The predicted octanol–water partition coefficient (Wildman–Crippen LogP) is 7.74. The van der Waals surface area contributed by atoms with Crippen LogP contribution in [0.2, 0.25) is 5.02 Å². The number of rotatable bonds is 2. The molecule has 10 heteroatoms. The van der Waals surface area contributed by atoms with Crippen LogP contribution in [-0.2, 0) is 11.0 Å². The average molecular weight is 572 g/mol. The van der Waals surface area contributed by atoms with Gasteiger partial charge in [-0.2, -0.15) is 18.3 Å². The third-order valence-corrected chi connectivity index (χ3v) is 6.00. The quantitative estimate of drug-likeness (QED) is 0.284. The van der Waals surface area contributed by atoms with Gasteiger partial charge >= 0.3 is 6.18 Å². The minimum atomic E-state index is -4.50. The number of nitrogens with two attached hydrogens (primary N) is 2. The van der Waals surface area contributed by atoms with Crippen LogP contribution < -0.4 is 11.5 Å². The van der Waals surface area contributed by atoms with Crippen LogP contribution in [0.15, 0.2) is 41.5 Å². The van der Waals surface area contributed by atoms with Crippen molar-refractivity contribution in [2.75, 3.05) is 19.8 Å². The van der Waals surface area contributed by atoms with Crippen LogP contribution in [0.25, 0.3) is 10.9 Å². The van der Waals surface area contributed by atoms with Crippen LogP contribution in [0.4, 0.5) is 18.9 Å². The van der Waals surface area contributed by atoms with Crippen molar-refractivity contribution in [1.82, 2.24) is 9.99 Å². The van der Waals surface area contributed by atoms with E-state index >= 15 is 0 Å². The maximum absolute atomic E-state index is 12.4. The molecule has 0 radical (unpaired) electrons. The third-order valence-electron chi connectivity index (χ3n) is 5.76. The average Bonchev–Trinajstić information content (AvgIpc) is 3.74. The van der Waals surface area contributed by atoms with Crippen molar-refractivity contribution < 1.29 is 18.0 Å². The highest BCUT2D eigenvalue weighted by molar-refractivity contribution is 6.31. The van der Waals surface area contributed by atoms with Crippen LogP contribution in [0.5, 0.6) is 0 Å². The van der Waals surface area contributed by atoms with Crippen LogP contribution in [-0.4, -0.2) is 42.6 Å². The molecule has 6 nitrogen and oxygen atoms in total. The van der Waals surface area contributed by atoms with Crippen molar-refractivity contribution in [2.24, 2.45) is 22.7 Å². The molecule has 1 aromatic carbocycles. The Morgan fingerprint density at radius 2 is 1.59 bits per heavy atom. The second-order valence-corrected chi connectivity index (χ2v) is 8.83. The molecule has 39 heavy (non-hydrogen) atoms. The number of aromatic nitrogens is 1. The molecule has 1 saturated carbocycles. The Kier molecular flexibility index (Phi) is 18.1. The lowest BCUT2D eigenvalue weighted by molar-refractivity contribution is -0.140. The van der Waals surface area contributed by atoms with Gasteiger partial charge in [0.25, 0.3) is 0 Å². The number of halogens is 4. The van der Waals surface area contributed by atoms with Gasteiger partial charge in [0.15, 0.2) is 0 Å². The molecule has 4 N–H and O–H groups in total. The third kappa shape index (κ3) is 12.4. The monoisotopic (exact) mass is 571 g/mol. The Hall–Kier alpha value is -2.65. The van der Waals surface area contributed by atoms with Crippen molar-refractivity contribution in [1.29, 1.82) is 0 Å². The van der Waals surface area contributed by atoms with E-state index < -0.39 is 11.9 Å². The van der Waals surface area contributed by atoms with Gasteiger partial charge in [-0.25, -0.2) is 4.98 Å². The number of alkyl halides is 3. The Labute approximate surface area is 236 Å². The molecular formula is C29H45ClF3N5O. The molecule has 220 valence electrons. The van der Waals surface area contributed by atoms with Crippen LogP contribution in [0, 0.1) is 11.8 Å². The van der Waals surface area contributed by atoms with Gasteiger partial charge in [0, 0.05) is 29.4 Å². The smallest absolute Gasteiger partial charge is 0.398 e. The first kappa shape index (κ1) is 36.4. The van der Waals surface area contributed by atoms with E-state index in [9.17, 15) is 18.0 Å². The zero-order valence-electron chi connectivity index (χ0n) is 24.0. The van der Waals surface area contributed by atoms with Gasteiger partial charge in [0.05, 0.1) is 17.5 Å². The fourth-order valence-corrected chi connectivity index (χ4v) is 4.07. The molecule has 0 saturated heterocycles. The Morgan fingerprint density at radius 3 is 2.03 bits per heavy atom. The number of hydrogen-bond acceptors (Lipinski definition) is 6. The molecular weight excluding hydrogens is 527 g/mol. The van der Waals surface area contributed by atoms with E-state index in [1.807, 2.05) is 39.8 Å². The van der Waals surface area contributed by atoms with E-state index in [1.165, 1.54) is 63.8 Å². The summed E-state index contributed by atoms with van der Waals surface area (Å²) in [4.78, 5) is 14.1. The fourth-order valence-electron chi connectivity index (χ4n) is 3.90. The number of hydrazone groups is 1. The Morgan fingerprint density at radius 1 is 1.03 bits per heavy atom. The van der Waals surface area contributed by atoms with Crippen LogP contribution in [0.3, 0.4) is 0 Å². The van der Waals surface area contributed by atoms with Gasteiger partial charge in [-0.1, -0.05) is 51.4 Å². The number of benzene rings is 1. The first-order valence-corrected chi connectivity index (χ1v) is 14.0. The Bertz CT molecular complexity index is 1020. The topological polar surface area (TPSA) is 97.6 Å². The zero-order chi connectivity index (χ0) is 30.0. The second-order valence-electron chi connectivity index (χ2n) is 8.39. The molecule has 2 aromatic rings. The first-order valence-electron chi connectivity index (χ1n) is 13.6. The molecule has 2 heterocycles.